The first-order valence-electron chi connectivity index (χ1n) is 11.2. The lowest BCUT2D eigenvalue weighted by molar-refractivity contribution is -0.139. The fraction of sp³-hybridized carbons (Fsp3) is 0.269. The third-order valence-electron chi connectivity index (χ3n) is 5.69. The molecule has 1 atom stereocenters. The van der Waals surface area contributed by atoms with E-state index in [1.807, 2.05) is 49.4 Å². The summed E-state index contributed by atoms with van der Waals surface area (Å²) in [5.41, 5.74) is 2.93. The Kier molecular flexibility index (Phi) is 6.25. The quantitative estimate of drug-likeness (QED) is 0.439. The fourth-order valence-corrected chi connectivity index (χ4v) is 5.39. The van der Waals surface area contributed by atoms with Crippen LogP contribution in [0, 0.1) is 0 Å². The number of carbonyl (C=O) groups excluding carboxylic acids is 2. The van der Waals surface area contributed by atoms with Crippen LogP contribution in [-0.2, 0) is 14.3 Å². The van der Waals surface area contributed by atoms with Crippen LogP contribution in [0.5, 0.6) is 17.2 Å². The van der Waals surface area contributed by atoms with Gasteiger partial charge in [0.25, 0.3) is 0 Å². The molecule has 0 amide bonds. The number of amidine groups is 1. The second kappa shape index (κ2) is 9.50. The molecular weight excluding hydrogens is 468 g/mol. The highest BCUT2D eigenvalue weighted by atomic mass is 32.2. The summed E-state index contributed by atoms with van der Waals surface area (Å²) in [5, 5.41) is 0.806. The molecule has 5 rings (SSSR count). The van der Waals surface area contributed by atoms with E-state index < -0.39 is 0 Å². The summed E-state index contributed by atoms with van der Waals surface area (Å²) in [5.74, 6) is 1.08. The van der Waals surface area contributed by atoms with Gasteiger partial charge in [-0.05, 0) is 55.3 Å². The van der Waals surface area contributed by atoms with Crippen molar-refractivity contribution in [1.29, 1.82) is 0 Å². The van der Waals surface area contributed by atoms with Crippen molar-refractivity contribution in [2.45, 2.75) is 26.8 Å². The van der Waals surface area contributed by atoms with Gasteiger partial charge in [-0.15, -0.1) is 0 Å². The summed E-state index contributed by atoms with van der Waals surface area (Å²) in [4.78, 5) is 32.2. The standard InChI is InChI=1S/C26H24N2O6S/c1-4-31-25(30)23-15(2)27-26-28(24(23)18-8-9-21-22(12-18)33-14-32-21)13-20(35-26)11-17-6-5-7-19(10-17)34-16(3)29/h5-12,24H,4,13-14H2,1-3H3/b20-11-. The summed E-state index contributed by atoms with van der Waals surface area (Å²) in [6.45, 7) is 6.00. The molecule has 8 nitrogen and oxygen atoms in total. The van der Waals surface area contributed by atoms with Crippen molar-refractivity contribution < 1.29 is 28.5 Å². The van der Waals surface area contributed by atoms with Gasteiger partial charge in [0, 0.05) is 11.8 Å². The van der Waals surface area contributed by atoms with Gasteiger partial charge in [-0.25, -0.2) is 9.79 Å². The second-order valence-corrected chi connectivity index (χ2v) is 9.23. The molecule has 3 heterocycles. The third-order valence-corrected chi connectivity index (χ3v) is 6.71. The van der Waals surface area contributed by atoms with Crippen LogP contribution in [-0.4, -0.2) is 42.0 Å². The van der Waals surface area contributed by atoms with Gasteiger partial charge in [-0.2, -0.15) is 0 Å². The summed E-state index contributed by atoms with van der Waals surface area (Å²) in [6, 6.07) is 12.7. The molecule has 1 unspecified atom stereocenters. The molecule has 2 aromatic carbocycles. The van der Waals surface area contributed by atoms with Crippen LogP contribution in [0.3, 0.4) is 0 Å². The van der Waals surface area contributed by atoms with Crippen LogP contribution in [0.4, 0.5) is 0 Å². The van der Waals surface area contributed by atoms with Gasteiger partial charge >= 0.3 is 11.9 Å². The SMILES string of the molecule is CCOC(=O)C1=C(C)N=C2S/C(=C\c3cccc(OC(C)=O)c3)CN2C1c1ccc2c(c1)OCO2. The fourth-order valence-electron chi connectivity index (χ4n) is 4.28. The van der Waals surface area contributed by atoms with Crippen molar-refractivity contribution in [3.63, 3.8) is 0 Å². The molecule has 2 aromatic rings. The lowest BCUT2D eigenvalue weighted by Gasteiger charge is -2.34. The van der Waals surface area contributed by atoms with E-state index in [0.717, 1.165) is 21.2 Å². The van der Waals surface area contributed by atoms with Crippen molar-refractivity contribution in [1.82, 2.24) is 4.90 Å². The molecule has 35 heavy (non-hydrogen) atoms. The van der Waals surface area contributed by atoms with Crippen LogP contribution < -0.4 is 14.2 Å². The molecule has 0 aliphatic carbocycles. The molecule has 1 fully saturated rings. The lowest BCUT2D eigenvalue weighted by atomic mass is 9.94. The van der Waals surface area contributed by atoms with Crippen molar-refractivity contribution in [3.05, 3.63) is 69.8 Å². The van der Waals surface area contributed by atoms with Crippen LogP contribution >= 0.6 is 11.8 Å². The number of allylic oxidation sites excluding steroid dienone is 1. The smallest absolute Gasteiger partial charge is 0.338 e. The zero-order chi connectivity index (χ0) is 24.5. The first-order chi connectivity index (χ1) is 16.9. The topological polar surface area (TPSA) is 86.7 Å². The van der Waals surface area contributed by atoms with Crippen molar-refractivity contribution in [2.75, 3.05) is 19.9 Å². The second-order valence-electron chi connectivity index (χ2n) is 8.14. The largest absolute Gasteiger partial charge is 0.463 e. The average molecular weight is 493 g/mol. The molecule has 3 aliphatic rings. The summed E-state index contributed by atoms with van der Waals surface area (Å²) in [6.07, 6.45) is 2.04. The minimum absolute atomic E-state index is 0.175. The maximum Gasteiger partial charge on any atom is 0.338 e. The average Bonchev–Trinajstić information content (AvgIpc) is 3.43. The number of thioether (sulfide) groups is 1. The molecule has 0 aromatic heterocycles. The summed E-state index contributed by atoms with van der Waals surface area (Å²) < 4.78 is 21.7. The van der Waals surface area contributed by atoms with Gasteiger partial charge in [-0.3, -0.25) is 4.79 Å². The number of hydrogen-bond donors (Lipinski definition) is 0. The van der Waals surface area contributed by atoms with Gasteiger partial charge in [0.1, 0.15) is 5.75 Å². The number of rotatable bonds is 5. The van der Waals surface area contributed by atoms with Gasteiger partial charge in [0.15, 0.2) is 16.7 Å². The molecule has 0 N–H and O–H groups in total. The van der Waals surface area contributed by atoms with E-state index in [0.29, 0.717) is 35.1 Å². The molecule has 9 heteroatoms. The predicted molar refractivity (Wildman–Crippen MR) is 132 cm³/mol. The highest BCUT2D eigenvalue weighted by Gasteiger charge is 2.41. The zero-order valence-corrected chi connectivity index (χ0v) is 20.4. The van der Waals surface area contributed by atoms with Crippen LogP contribution in [0.25, 0.3) is 6.08 Å². The Hall–Kier alpha value is -3.72. The molecule has 0 spiro atoms. The van der Waals surface area contributed by atoms with E-state index in [1.165, 1.54) is 6.92 Å². The number of hydrogen-bond acceptors (Lipinski definition) is 9. The highest BCUT2D eigenvalue weighted by molar-refractivity contribution is 8.17. The van der Waals surface area contributed by atoms with Crippen molar-refractivity contribution in [2.24, 2.45) is 4.99 Å². The molecule has 1 saturated heterocycles. The Morgan fingerprint density at radius 3 is 2.83 bits per heavy atom. The highest BCUT2D eigenvalue weighted by Crippen LogP contribution is 2.46. The number of benzene rings is 2. The maximum absolute atomic E-state index is 13.0. The first-order valence-corrected chi connectivity index (χ1v) is 12.0. The maximum atomic E-state index is 13.0. The lowest BCUT2D eigenvalue weighted by Crippen LogP contribution is -2.36. The van der Waals surface area contributed by atoms with E-state index in [-0.39, 0.29) is 31.4 Å². The van der Waals surface area contributed by atoms with E-state index in [2.05, 4.69) is 4.90 Å². The molecule has 0 bridgehead atoms. The summed E-state index contributed by atoms with van der Waals surface area (Å²) in [7, 11) is 0. The number of ether oxygens (including phenoxy) is 4. The minimum Gasteiger partial charge on any atom is -0.463 e. The molecule has 180 valence electrons. The van der Waals surface area contributed by atoms with Crippen molar-refractivity contribution >= 4 is 34.9 Å². The number of carbonyl (C=O) groups is 2. The third kappa shape index (κ3) is 4.64. The Labute approximate surface area is 207 Å². The normalized spacial score (nSPS) is 19.5. The van der Waals surface area contributed by atoms with Crippen molar-refractivity contribution in [3.8, 4) is 17.2 Å². The Balaban J connectivity index is 1.50. The Morgan fingerprint density at radius 1 is 1.20 bits per heavy atom. The molecule has 3 aliphatic heterocycles. The number of esters is 2. The Bertz CT molecular complexity index is 1300. The molecule has 0 radical (unpaired) electrons. The van der Waals surface area contributed by atoms with Crippen LogP contribution in [0.1, 0.15) is 37.9 Å². The molecule has 0 saturated carbocycles. The molecular formula is C26H24N2O6S. The predicted octanol–water partition coefficient (Wildman–Crippen LogP) is 4.68. The van der Waals surface area contributed by atoms with Crippen LogP contribution in [0.15, 0.2) is 63.6 Å². The van der Waals surface area contributed by atoms with E-state index in [9.17, 15) is 9.59 Å². The zero-order valence-electron chi connectivity index (χ0n) is 19.6. The first kappa shape index (κ1) is 23.0. The van der Waals surface area contributed by atoms with Gasteiger partial charge in [0.05, 0.1) is 30.5 Å². The monoisotopic (exact) mass is 492 g/mol. The van der Waals surface area contributed by atoms with Gasteiger partial charge in [0.2, 0.25) is 6.79 Å². The van der Waals surface area contributed by atoms with Gasteiger partial charge in [-0.1, -0.05) is 30.0 Å². The number of aliphatic imine (C=N–C) groups is 1. The van der Waals surface area contributed by atoms with Crippen LogP contribution in [0.2, 0.25) is 0 Å². The van der Waals surface area contributed by atoms with E-state index in [4.69, 9.17) is 23.9 Å². The minimum atomic E-state index is -0.387. The number of nitrogens with zero attached hydrogens (tertiary/aromatic N) is 2. The van der Waals surface area contributed by atoms with Gasteiger partial charge < -0.3 is 23.8 Å². The van der Waals surface area contributed by atoms with E-state index >= 15 is 0 Å². The number of fused-ring (bicyclic) bond motifs is 2. The van der Waals surface area contributed by atoms with E-state index in [1.54, 1.807) is 24.8 Å². The Morgan fingerprint density at radius 2 is 2.03 bits per heavy atom. The summed E-state index contributed by atoms with van der Waals surface area (Å²) >= 11 is 1.55.